The van der Waals surface area contributed by atoms with Crippen LogP contribution in [0.1, 0.15) is 35.3 Å². The molecule has 1 aliphatic heterocycles. The number of rotatable bonds is 4. The Morgan fingerprint density at radius 3 is 2.22 bits per heavy atom. The molecule has 2 aromatic carbocycles. The second-order valence-electron chi connectivity index (χ2n) is 9.84. The molecule has 4 aromatic rings. The van der Waals surface area contributed by atoms with Crippen LogP contribution in [0, 0.1) is 19.7 Å². The molecule has 3 heterocycles. The van der Waals surface area contributed by atoms with Gasteiger partial charge < -0.3 is 4.57 Å². The van der Waals surface area contributed by atoms with Crippen LogP contribution in [0.15, 0.2) is 53.6 Å². The summed E-state index contributed by atoms with van der Waals surface area (Å²) in [5.41, 5.74) is 4.12. The highest BCUT2D eigenvalue weighted by molar-refractivity contribution is 7.70. The first kappa shape index (κ1) is 27.5. The molecular weight excluding hydrogens is 531 g/mol. The molecule has 5 rings (SSSR count). The van der Waals surface area contributed by atoms with E-state index < -0.39 is 7.14 Å². The van der Waals surface area contributed by atoms with E-state index >= 15 is 0 Å². The van der Waals surface area contributed by atoms with Crippen molar-refractivity contribution in [3.63, 3.8) is 0 Å². The fraction of sp³-hybridized carbons (Fsp3) is 0.308. The van der Waals surface area contributed by atoms with Gasteiger partial charge in [0.2, 0.25) is 0 Å². The van der Waals surface area contributed by atoms with Gasteiger partial charge in [0.25, 0.3) is 0 Å². The number of aromatic nitrogens is 4. The molecule has 0 spiro atoms. The zero-order chi connectivity index (χ0) is 25.9. The molecule has 0 amide bonds. The van der Waals surface area contributed by atoms with Gasteiger partial charge >= 0.3 is 5.69 Å². The molecule has 0 fully saturated rings. The Morgan fingerprint density at radius 2 is 1.62 bits per heavy atom. The summed E-state index contributed by atoms with van der Waals surface area (Å²) in [4.78, 5) is 13.7. The average Bonchev–Trinajstić information content (AvgIpc) is 3.39. The van der Waals surface area contributed by atoms with Gasteiger partial charge in [-0.3, -0.25) is 13.8 Å². The summed E-state index contributed by atoms with van der Waals surface area (Å²) in [6.45, 7) is 9.85. The smallest absolute Gasteiger partial charge is 0.319 e. The SMILES string of the molecule is Cc1cc(-n2nc3c(c2-n2ccn(-c4ccc(P(C)(C)=O)cc4)c2=O)C(C)N(P)CC3)cc(C)c1F.Cl. The molecule has 2 aromatic heterocycles. The lowest BCUT2D eigenvalue weighted by Crippen LogP contribution is -2.28. The highest BCUT2D eigenvalue weighted by Crippen LogP contribution is 2.37. The molecule has 0 bridgehead atoms. The maximum atomic E-state index is 14.4. The molecule has 0 N–H and O–H groups in total. The minimum atomic E-state index is -2.39. The third kappa shape index (κ3) is 4.77. The Balaban J connectivity index is 0.00000320. The highest BCUT2D eigenvalue weighted by Gasteiger charge is 2.31. The van der Waals surface area contributed by atoms with Gasteiger partial charge in [0.1, 0.15) is 18.8 Å². The monoisotopic (exact) mass is 561 g/mol. The van der Waals surface area contributed by atoms with E-state index in [0.29, 0.717) is 28.3 Å². The zero-order valence-corrected chi connectivity index (χ0v) is 24.3. The van der Waals surface area contributed by atoms with Gasteiger partial charge in [-0.1, -0.05) is 9.39 Å². The molecular formula is C26H31ClFN5O2P2. The first-order chi connectivity index (χ1) is 17.0. The molecule has 0 radical (unpaired) electrons. The molecule has 11 heteroatoms. The lowest BCUT2D eigenvalue weighted by molar-refractivity contribution is 0.359. The summed E-state index contributed by atoms with van der Waals surface area (Å²) in [6.07, 6.45) is 4.21. The summed E-state index contributed by atoms with van der Waals surface area (Å²) < 4.78 is 33.9. The van der Waals surface area contributed by atoms with Crippen LogP contribution in [0.4, 0.5) is 4.39 Å². The number of benzene rings is 2. The van der Waals surface area contributed by atoms with Crippen molar-refractivity contribution in [2.45, 2.75) is 33.2 Å². The Morgan fingerprint density at radius 1 is 1.03 bits per heavy atom. The molecule has 0 saturated carbocycles. The van der Waals surface area contributed by atoms with E-state index in [2.05, 4.69) is 21.0 Å². The largest absolute Gasteiger partial charge is 0.338 e. The number of hydrogen-bond acceptors (Lipinski definition) is 4. The molecule has 0 saturated heterocycles. The van der Waals surface area contributed by atoms with Crippen LogP contribution >= 0.6 is 28.9 Å². The first-order valence-electron chi connectivity index (χ1n) is 11.8. The molecule has 2 unspecified atom stereocenters. The van der Waals surface area contributed by atoms with E-state index in [-0.39, 0.29) is 30.0 Å². The van der Waals surface area contributed by atoms with Crippen LogP contribution in [-0.2, 0) is 11.0 Å². The van der Waals surface area contributed by atoms with Crippen LogP contribution in [-0.4, -0.2) is 43.5 Å². The number of imidazole rings is 1. The van der Waals surface area contributed by atoms with Gasteiger partial charge in [0.15, 0.2) is 0 Å². The Hall–Kier alpha value is -2.50. The third-order valence-corrected chi connectivity index (χ3v) is 9.16. The minimum Gasteiger partial charge on any atom is -0.319 e. The summed E-state index contributed by atoms with van der Waals surface area (Å²) in [5, 5.41) is 5.68. The standard InChI is InChI=1S/C26H30FN5O2P2.ClH/c1-16-14-20(15-17(2)24(16)27)32-25(23-18(3)31(35)11-10-22(23)28-32)30-13-12-29(26(30)33)19-6-8-21(9-7-19)36(4,5)34;/h6-9,12-15,18H,10-11,35H2,1-5H3;1H. The molecule has 37 heavy (non-hydrogen) atoms. The second-order valence-corrected chi connectivity index (χ2v) is 13.7. The number of nitrogens with zero attached hydrogens (tertiary/aromatic N) is 5. The average molecular weight is 562 g/mol. The Labute approximate surface area is 224 Å². The summed E-state index contributed by atoms with van der Waals surface area (Å²) in [7, 11) is 0.375. The van der Waals surface area contributed by atoms with Crippen molar-refractivity contribution in [1.29, 1.82) is 0 Å². The van der Waals surface area contributed by atoms with Crippen LogP contribution in [0.3, 0.4) is 0 Å². The van der Waals surface area contributed by atoms with Crippen LogP contribution in [0.2, 0.25) is 0 Å². The fourth-order valence-corrected chi connectivity index (χ4v) is 5.98. The van der Waals surface area contributed by atoms with Gasteiger partial charge in [-0.2, -0.15) is 5.10 Å². The van der Waals surface area contributed by atoms with Gasteiger partial charge in [0.05, 0.1) is 17.1 Å². The van der Waals surface area contributed by atoms with Crippen LogP contribution in [0.5, 0.6) is 0 Å². The van der Waals surface area contributed by atoms with E-state index in [1.807, 2.05) is 24.3 Å². The molecule has 196 valence electrons. The molecule has 7 nitrogen and oxygen atoms in total. The van der Waals surface area contributed by atoms with Crippen molar-refractivity contribution in [3.05, 3.63) is 87.5 Å². The first-order valence-corrected chi connectivity index (χ1v) is 15.0. The number of aryl methyl sites for hydroxylation is 2. The van der Waals surface area contributed by atoms with Crippen molar-refractivity contribution in [1.82, 2.24) is 23.6 Å². The van der Waals surface area contributed by atoms with Crippen LogP contribution in [0.25, 0.3) is 17.2 Å². The van der Waals surface area contributed by atoms with E-state index in [0.717, 1.165) is 29.5 Å². The van der Waals surface area contributed by atoms with E-state index in [9.17, 15) is 13.8 Å². The number of hydrogen-bond donors (Lipinski definition) is 0. The second kappa shape index (κ2) is 9.99. The van der Waals surface area contributed by atoms with Crippen molar-refractivity contribution >= 4 is 34.2 Å². The van der Waals surface area contributed by atoms with Gasteiger partial charge in [-0.15, -0.1) is 12.4 Å². The lowest BCUT2D eigenvalue weighted by Gasteiger charge is -2.29. The maximum Gasteiger partial charge on any atom is 0.338 e. The molecule has 1 aliphatic rings. The van der Waals surface area contributed by atoms with Gasteiger partial charge in [-0.25, -0.2) is 13.9 Å². The van der Waals surface area contributed by atoms with E-state index in [1.165, 1.54) is 0 Å². The van der Waals surface area contributed by atoms with Gasteiger partial charge in [-0.05, 0) is 81.6 Å². The number of fused-ring (bicyclic) bond motifs is 1. The summed E-state index contributed by atoms with van der Waals surface area (Å²) >= 11 is 0. The van der Waals surface area contributed by atoms with E-state index in [1.54, 1.807) is 65.5 Å². The topological polar surface area (TPSA) is 65.1 Å². The predicted molar refractivity (Wildman–Crippen MR) is 153 cm³/mol. The predicted octanol–water partition coefficient (Wildman–Crippen LogP) is 4.95. The molecule has 2 atom stereocenters. The quantitative estimate of drug-likeness (QED) is 0.331. The number of halogens is 2. The van der Waals surface area contributed by atoms with Crippen molar-refractivity contribution < 1.29 is 8.96 Å². The maximum absolute atomic E-state index is 14.4. The molecule has 0 aliphatic carbocycles. The minimum absolute atomic E-state index is 0. The fourth-order valence-electron chi connectivity index (χ4n) is 4.84. The Bertz CT molecular complexity index is 1560. The van der Waals surface area contributed by atoms with Crippen molar-refractivity contribution in [2.75, 3.05) is 19.9 Å². The normalized spacial score (nSPS) is 15.9. The Kier molecular flexibility index (Phi) is 7.44. The van der Waals surface area contributed by atoms with Crippen LogP contribution < -0.4 is 11.0 Å². The third-order valence-electron chi connectivity index (χ3n) is 6.92. The summed E-state index contributed by atoms with van der Waals surface area (Å²) in [5.74, 6) is 0.416. The summed E-state index contributed by atoms with van der Waals surface area (Å²) in [6, 6.07) is 10.8. The van der Waals surface area contributed by atoms with E-state index in [4.69, 9.17) is 5.10 Å². The zero-order valence-electron chi connectivity index (χ0n) is 21.5. The highest BCUT2D eigenvalue weighted by atomic mass is 35.5. The van der Waals surface area contributed by atoms with Gasteiger partial charge in [0, 0.05) is 42.3 Å². The lowest BCUT2D eigenvalue weighted by atomic mass is 10.0. The van der Waals surface area contributed by atoms with Crippen molar-refractivity contribution in [3.8, 4) is 17.2 Å². The van der Waals surface area contributed by atoms with Crippen molar-refractivity contribution in [2.24, 2.45) is 0 Å².